The number of carbonyl (C=O) groups is 4. The number of hydrogen-bond donors (Lipinski definition) is 5. The highest BCUT2D eigenvalue weighted by Gasteiger charge is 2.54. The lowest BCUT2D eigenvalue weighted by atomic mass is 9.89. The fourth-order valence-electron chi connectivity index (χ4n) is 5.40. The van der Waals surface area contributed by atoms with Gasteiger partial charge in [0.05, 0.1) is 30.1 Å². The van der Waals surface area contributed by atoms with Crippen molar-refractivity contribution in [2.75, 3.05) is 11.5 Å². The maximum atomic E-state index is 13.6. The zero-order valence-corrected chi connectivity index (χ0v) is 29.0. The molecule has 1 fully saturated rings. The van der Waals surface area contributed by atoms with Gasteiger partial charge in [0, 0.05) is 28.0 Å². The van der Waals surface area contributed by atoms with Gasteiger partial charge in [0.1, 0.15) is 34.3 Å². The third kappa shape index (κ3) is 6.41. The summed E-state index contributed by atoms with van der Waals surface area (Å²) in [5.74, 6) is -4.44. The summed E-state index contributed by atoms with van der Waals surface area (Å²) in [6.07, 6.45) is 5.21. The van der Waals surface area contributed by atoms with Crippen molar-refractivity contribution in [3.8, 4) is 0 Å². The molecule has 2 aliphatic rings. The van der Waals surface area contributed by atoms with E-state index in [4.69, 9.17) is 33.3 Å². The van der Waals surface area contributed by atoms with Crippen molar-refractivity contribution >= 4 is 92.0 Å². The first-order valence-corrected chi connectivity index (χ1v) is 17.6. The zero-order chi connectivity index (χ0) is 35.4. The summed E-state index contributed by atoms with van der Waals surface area (Å²) >= 11 is 9.96. The van der Waals surface area contributed by atoms with E-state index in [2.05, 4.69) is 10.1 Å². The molecule has 0 unspecified atom stereocenters. The Morgan fingerprint density at radius 1 is 1.29 bits per heavy atom. The first-order chi connectivity index (χ1) is 23.2. The van der Waals surface area contributed by atoms with Crippen LogP contribution in [0.15, 0.2) is 52.5 Å². The Labute approximate surface area is 294 Å². The first-order valence-electron chi connectivity index (χ1n) is 14.5. The fourth-order valence-corrected chi connectivity index (χ4v) is 8.61. The second-order valence-corrected chi connectivity index (χ2v) is 15.4. The summed E-state index contributed by atoms with van der Waals surface area (Å²) in [4.78, 5) is 62.6. The van der Waals surface area contributed by atoms with Crippen LogP contribution in [0.1, 0.15) is 36.4 Å². The van der Waals surface area contributed by atoms with Gasteiger partial charge in [0.25, 0.3) is 0 Å². The number of amidine groups is 1. The number of nitrogens with zero attached hydrogens (tertiary/aromatic N) is 6. The largest absolute Gasteiger partial charge is 0.478 e. The molecule has 1 amide bonds. The number of hydrogen-bond acceptors (Lipinski definition) is 12. The maximum Gasteiger partial charge on any atom is 0.352 e. The second-order valence-electron chi connectivity index (χ2n) is 11.7. The molecule has 6 rings (SSSR count). The van der Waals surface area contributed by atoms with Crippen LogP contribution < -0.4 is 16.0 Å². The number of aromatic nitrogens is 4. The number of carboxylic acid groups (broad SMARTS) is 2. The van der Waals surface area contributed by atoms with E-state index in [1.165, 1.54) is 41.8 Å². The van der Waals surface area contributed by atoms with Crippen molar-refractivity contribution in [3.63, 3.8) is 0 Å². The number of amides is 1. The molecule has 4 aromatic heterocycles. The van der Waals surface area contributed by atoms with Gasteiger partial charge < -0.3 is 26.5 Å². The van der Waals surface area contributed by atoms with Crippen LogP contribution in [0.4, 0.5) is 5.13 Å². The van der Waals surface area contributed by atoms with Gasteiger partial charge in [-0.2, -0.15) is 0 Å². The molecule has 0 spiro atoms. The first kappa shape index (κ1) is 34.2. The molecule has 256 valence electrons. The van der Waals surface area contributed by atoms with Crippen molar-refractivity contribution < 1.29 is 38.8 Å². The van der Waals surface area contributed by atoms with E-state index in [1.807, 2.05) is 49.9 Å². The Hall–Kier alpha value is -4.72. The number of thioether (sulfide) groups is 1. The third-order valence-electron chi connectivity index (χ3n) is 7.97. The molecule has 16 nitrogen and oxygen atoms in total. The quantitative estimate of drug-likeness (QED) is 0.0437. The monoisotopic (exact) mass is 746 g/mol. The highest BCUT2D eigenvalue weighted by Crippen LogP contribution is 2.45. The van der Waals surface area contributed by atoms with Gasteiger partial charge in [0.15, 0.2) is 22.8 Å². The fraction of sp³-hybridized carbons (Fsp3) is 0.310. The molecule has 2 aliphatic heterocycles. The van der Waals surface area contributed by atoms with Gasteiger partial charge in [0.2, 0.25) is 11.5 Å². The Morgan fingerprint density at radius 3 is 2.67 bits per heavy atom. The number of nitrogens with two attached hydrogens (primary N) is 2. The molecule has 2 atom stereocenters. The summed E-state index contributed by atoms with van der Waals surface area (Å²) < 4.78 is 5.77. The second kappa shape index (κ2) is 13.0. The lowest BCUT2D eigenvalue weighted by molar-refractivity contribution is -0.661. The molecule has 6 heterocycles. The molecular formula is C29H29ClN9O7S3+. The van der Waals surface area contributed by atoms with E-state index >= 15 is 0 Å². The van der Waals surface area contributed by atoms with Crippen molar-refractivity contribution in [3.05, 3.63) is 67.8 Å². The summed E-state index contributed by atoms with van der Waals surface area (Å²) in [5.41, 5.74) is 11.0. The Balaban J connectivity index is 1.21. The Kier molecular flexibility index (Phi) is 9.03. The van der Waals surface area contributed by atoms with Crippen LogP contribution >= 0.6 is 46.0 Å². The lowest BCUT2D eigenvalue weighted by Crippen LogP contribution is -2.62. The molecule has 0 aliphatic carbocycles. The highest BCUT2D eigenvalue weighted by molar-refractivity contribution is 8.00. The van der Waals surface area contributed by atoms with Gasteiger partial charge in [-0.1, -0.05) is 28.1 Å². The highest BCUT2D eigenvalue weighted by atomic mass is 35.5. The van der Waals surface area contributed by atoms with Crippen molar-refractivity contribution in [1.29, 1.82) is 5.41 Å². The lowest BCUT2D eigenvalue weighted by Gasteiger charge is -2.49. The Bertz CT molecular complexity index is 2110. The maximum absolute atomic E-state index is 13.6. The number of oxime groups is 1. The van der Waals surface area contributed by atoms with Crippen molar-refractivity contribution in [2.24, 2.45) is 16.8 Å². The topological polar surface area (TPSA) is 236 Å². The van der Waals surface area contributed by atoms with Gasteiger partial charge in [-0.15, -0.1) is 27.6 Å². The van der Waals surface area contributed by atoms with E-state index in [0.717, 1.165) is 21.9 Å². The number of nitrogen functional groups attached to an aromatic ring is 2. The molecule has 7 N–H and O–H groups in total. The molecule has 1 saturated heterocycles. The summed E-state index contributed by atoms with van der Waals surface area (Å²) in [6.45, 7) is 3.23. The predicted octanol–water partition coefficient (Wildman–Crippen LogP) is 2.23. The number of halogens is 1. The molecule has 0 saturated carbocycles. The molecule has 0 radical (unpaired) electrons. The number of Topliss-reactive ketones (excluding diaryl/α,β-unsaturated/α-hetero) is 1. The van der Waals surface area contributed by atoms with E-state index in [1.54, 1.807) is 0 Å². The van der Waals surface area contributed by atoms with Crippen LogP contribution in [0, 0.1) is 11.3 Å². The smallest absolute Gasteiger partial charge is 0.352 e. The van der Waals surface area contributed by atoms with Crippen LogP contribution in [0.5, 0.6) is 0 Å². The number of rotatable bonds is 13. The van der Waals surface area contributed by atoms with Crippen LogP contribution in [-0.4, -0.2) is 81.2 Å². The normalized spacial score (nSPS) is 18.1. The van der Waals surface area contributed by atoms with Gasteiger partial charge in [-0.05, 0) is 25.5 Å². The predicted molar refractivity (Wildman–Crippen MR) is 182 cm³/mol. The van der Waals surface area contributed by atoms with E-state index in [9.17, 15) is 29.4 Å². The minimum absolute atomic E-state index is 0.00541. The number of thiazole rings is 1. The SMILES string of the molecule is CC(C)(O/N=C(\C(=O)C[C@@H]1C(=O)N2C(C(=O)O)=C(Cn3ccc4n3cc[n+]4Cc3cc(C(=N)N)cs3)CS[C@H]12)c1nc(N)sc1Cl)C(=O)O. The van der Waals surface area contributed by atoms with Gasteiger partial charge in [-0.3, -0.25) is 19.9 Å². The van der Waals surface area contributed by atoms with Crippen molar-refractivity contribution in [1.82, 2.24) is 19.1 Å². The average Bonchev–Trinajstić information content (AvgIpc) is 3.83. The van der Waals surface area contributed by atoms with Crippen molar-refractivity contribution in [2.45, 2.75) is 44.3 Å². The number of aliphatic carboxylic acids is 2. The van der Waals surface area contributed by atoms with Crippen LogP contribution in [0.2, 0.25) is 4.34 Å². The molecule has 0 aromatic carbocycles. The van der Waals surface area contributed by atoms with Crippen LogP contribution in [0.3, 0.4) is 0 Å². The molecule has 49 heavy (non-hydrogen) atoms. The standard InChI is InChI=1S/C29H28ClN9O7S3/c1-29(2,27(44)45)46-35-19(20-22(30)49-28(33)34-20)17(40)8-16-24(41)39-21(26(42)43)14(12-48-25(16)39)9-37-4-3-18-36(5-6-38(18)37)10-15-7-13(11-47-15)23(31)32/h3-7,11,16,25H,8-10,12H2,1-2H3,(H6-,31,32,33,34,42,43,44,45)/p+1/b35-19+/t16-,25-/m1/s1. The minimum Gasteiger partial charge on any atom is -0.478 e. The number of nitrogens with one attached hydrogen (secondary N) is 1. The number of fused-ring (bicyclic) bond motifs is 2. The Morgan fingerprint density at radius 2 is 2.04 bits per heavy atom. The average molecular weight is 747 g/mol. The molecule has 20 heteroatoms. The zero-order valence-electron chi connectivity index (χ0n) is 25.8. The number of carboxylic acids is 2. The number of imidazole rings is 1. The summed E-state index contributed by atoms with van der Waals surface area (Å²) in [5, 5.41) is 32.3. The number of β-lactam (4-membered cyclic amide) rings is 1. The number of anilines is 1. The number of thiophene rings is 1. The minimum atomic E-state index is -1.80. The van der Waals surface area contributed by atoms with Gasteiger partial charge >= 0.3 is 17.6 Å². The molecular weight excluding hydrogens is 718 g/mol. The van der Waals surface area contributed by atoms with Gasteiger partial charge in [-0.25, -0.2) is 23.8 Å². The summed E-state index contributed by atoms with van der Waals surface area (Å²) in [7, 11) is 0. The third-order valence-corrected chi connectivity index (χ3v) is 11.4. The number of carbonyl (C=O) groups excluding carboxylic acids is 2. The number of ketones is 1. The van der Waals surface area contributed by atoms with E-state index in [-0.39, 0.29) is 45.4 Å². The van der Waals surface area contributed by atoms with Crippen LogP contribution in [0.25, 0.3) is 5.65 Å². The van der Waals surface area contributed by atoms with Crippen LogP contribution in [-0.2, 0) is 37.1 Å². The summed E-state index contributed by atoms with van der Waals surface area (Å²) in [6, 6.07) is 3.77. The molecule has 4 aromatic rings. The van der Waals surface area contributed by atoms with E-state index in [0.29, 0.717) is 17.7 Å². The molecule has 0 bridgehead atoms. The van der Waals surface area contributed by atoms with E-state index < -0.39 is 46.2 Å².